The molecule has 1 amide bonds. The molecular formula is C23H21N3O4. The molecule has 0 saturated heterocycles. The predicted molar refractivity (Wildman–Crippen MR) is 113 cm³/mol. The number of aliphatic imine (C=N–C) groups is 1. The van der Waals surface area contributed by atoms with E-state index in [1.54, 1.807) is 19.1 Å². The molecule has 0 atom stereocenters. The lowest BCUT2D eigenvalue weighted by molar-refractivity contribution is -0.114. The number of hydrogen-bond donors (Lipinski definition) is 1. The summed E-state index contributed by atoms with van der Waals surface area (Å²) < 4.78 is 11.4. The minimum atomic E-state index is -0.463. The normalized spacial score (nSPS) is 16.7. The lowest BCUT2D eigenvalue weighted by Gasteiger charge is -2.22. The van der Waals surface area contributed by atoms with Crippen LogP contribution in [0, 0.1) is 12.3 Å². The maximum Gasteiger partial charge on any atom is 0.282 e. The Morgan fingerprint density at radius 2 is 1.80 bits per heavy atom. The third-order valence-corrected chi connectivity index (χ3v) is 4.48. The number of amides is 1. The molecule has 0 aromatic heterocycles. The minimum absolute atomic E-state index is 0.0354. The number of amidine groups is 2. The molecular weight excluding hydrogens is 382 g/mol. The Kier molecular flexibility index (Phi) is 5.34. The number of carbonyl (C=O) groups is 1. The largest absolute Gasteiger partial charge is 0.490 e. The van der Waals surface area contributed by atoms with Crippen molar-refractivity contribution < 1.29 is 19.1 Å². The van der Waals surface area contributed by atoms with Crippen molar-refractivity contribution in [1.82, 2.24) is 5.06 Å². The van der Waals surface area contributed by atoms with Crippen LogP contribution in [0.5, 0.6) is 11.5 Å². The van der Waals surface area contributed by atoms with Crippen molar-refractivity contribution in [3.8, 4) is 11.5 Å². The van der Waals surface area contributed by atoms with Gasteiger partial charge in [-0.2, -0.15) is 4.99 Å². The number of hydroxylamine groups is 2. The Morgan fingerprint density at radius 3 is 2.53 bits per heavy atom. The van der Waals surface area contributed by atoms with Gasteiger partial charge in [0.15, 0.2) is 11.7 Å². The Balaban J connectivity index is 1.35. The molecule has 30 heavy (non-hydrogen) atoms. The van der Waals surface area contributed by atoms with Gasteiger partial charge < -0.3 is 14.3 Å². The zero-order valence-corrected chi connectivity index (χ0v) is 16.7. The van der Waals surface area contributed by atoms with Crippen LogP contribution in [-0.4, -0.2) is 35.9 Å². The van der Waals surface area contributed by atoms with Gasteiger partial charge in [0.1, 0.15) is 30.5 Å². The summed E-state index contributed by atoms with van der Waals surface area (Å²) in [5, 5.41) is 9.49. The zero-order chi connectivity index (χ0) is 21.1. The summed E-state index contributed by atoms with van der Waals surface area (Å²) in [7, 11) is 0. The van der Waals surface area contributed by atoms with Crippen LogP contribution in [0.4, 0.5) is 0 Å². The van der Waals surface area contributed by atoms with Crippen LogP contribution < -0.4 is 9.47 Å². The average molecular weight is 403 g/mol. The number of nitrogens with zero attached hydrogens (tertiary/aromatic N) is 2. The topological polar surface area (TPSA) is 84.2 Å². The third-order valence-electron chi connectivity index (χ3n) is 4.48. The number of hydrogen-bond acceptors (Lipinski definition) is 5. The van der Waals surface area contributed by atoms with E-state index in [0.29, 0.717) is 30.6 Å². The van der Waals surface area contributed by atoms with Gasteiger partial charge in [-0.25, -0.2) is 0 Å². The number of benzene rings is 2. The number of nitrogens with one attached hydrogen (secondary N) is 1. The van der Waals surface area contributed by atoms with Gasteiger partial charge in [-0.05, 0) is 55.3 Å². The molecule has 0 bridgehead atoms. The number of ether oxygens (including phenoxy) is 2. The van der Waals surface area contributed by atoms with Gasteiger partial charge in [-0.1, -0.05) is 24.3 Å². The van der Waals surface area contributed by atoms with Crippen LogP contribution in [0.3, 0.4) is 0 Å². The summed E-state index contributed by atoms with van der Waals surface area (Å²) in [4.78, 5) is 21.7. The van der Waals surface area contributed by atoms with Gasteiger partial charge in [0.2, 0.25) is 0 Å². The van der Waals surface area contributed by atoms with Crippen molar-refractivity contribution in [2.24, 2.45) is 4.99 Å². The molecule has 4 rings (SSSR count). The quantitative estimate of drug-likeness (QED) is 0.584. The van der Waals surface area contributed by atoms with E-state index in [2.05, 4.69) is 4.99 Å². The second-order valence-electron chi connectivity index (χ2n) is 6.90. The van der Waals surface area contributed by atoms with Crippen LogP contribution in [0.15, 0.2) is 70.9 Å². The van der Waals surface area contributed by atoms with Crippen LogP contribution >= 0.6 is 0 Å². The first-order valence-corrected chi connectivity index (χ1v) is 9.52. The fourth-order valence-electron chi connectivity index (χ4n) is 3.05. The molecule has 0 aliphatic carbocycles. The Morgan fingerprint density at radius 1 is 1.07 bits per heavy atom. The molecule has 2 aliphatic heterocycles. The number of fused-ring (bicyclic) bond motifs is 1. The molecule has 7 heteroatoms. The van der Waals surface area contributed by atoms with Crippen molar-refractivity contribution in [2.75, 3.05) is 13.2 Å². The molecule has 1 N–H and O–H groups in total. The highest BCUT2D eigenvalue weighted by molar-refractivity contribution is 6.32. The van der Waals surface area contributed by atoms with E-state index in [9.17, 15) is 4.79 Å². The van der Waals surface area contributed by atoms with Gasteiger partial charge in [-0.15, -0.1) is 5.06 Å². The second-order valence-corrected chi connectivity index (χ2v) is 6.90. The standard InChI is InChI=1S/C23H21N3O4/c1-15-4-3-5-19(12-15)29-11-10-28-18-8-6-17(7-9-18)14-20-22(24)26-21(25-23(20)27)13-16(2)30-26/h3-9,12-14,24H,10-11H2,1-2H3/b20-14-,24-22?. The molecule has 2 aromatic carbocycles. The third kappa shape index (κ3) is 4.25. The van der Waals surface area contributed by atoms with Crippen molar-refractivity contribution in [1.29, 1.82) is 5.41 Å². The Labute approximate surface area is 174 Å². The Bertz CT molecular complexity index is 1080. The van der Waals surface area contributed by atoms with E-state index in [1.807, 2.05) is 55.5 Å². The monoisotopic (exact) mass is 403 g/mol. The van der Waals surface area contributed by atoms with E-state index >= 15 is 0 Å². The first kappa shape index (κ1) is 19.4. The molecule has 0 radical (unpaired) electrons. The lowest BCUT2D eigenvalue weighted by Crippen LogP contribution is -2.38. The predicted octanol–water partition coefficient (Wildman–Crippen LogP) is 3.90. The average Bonchev–Trinajstić information content (AvgIpc) is 3.10. The van der Waals surface area contributed by atoms with E-state index in [1.165, 1.54) is 5.06 Å². The maximum atomic E-state index is 12.3. The maximum absolute atomic E-state index is 12.3. The summed E-state index contributed by atoms with van der Waals surface area (Å²) >= 11 is 0. The number of allylic oxidation sites excluding steroid dienone is 1. The number of carbonyl (C=O) groups excluding carboxylic acids is 1. The highest BCUT2D eigenvalue weighted by atomic mass is 16.7. The van der Waals surface area contributed by atoms with E-state index in [0.717, 1.165) is 16.9 Å². The molecule has 152 valence electrons. The molecule has 2 heterocycles. The summed E-state index contributed by atoms with van der Waals surface area (Å²) in [5.74, 6) is 1.93. The highest BCUT2D eigenvalue weighted by Crippen LogP contribution is 2.24. The molecule has 0 saturated carbocycles. The van der Waals surface area contributed by atoms with E-state index < -0.39 is 5.91 Å². The van der Waals surface area contributed by atoms with Crippen LogP contribution in [0.25, 0.3) is 6.08 Å². The van der Waals surface area contributed by atoms with Crippen LogP contribution in [-0.2, 0) is 9.63 Å². The Hall–Kier alpha value is -3.87. The van der Waals surface area contributed by atoms with Gasteiger partial charge >= 0.3 is 0 Å². The fraction of sp³-hybridized carbons (Fsp3) is 0.174. The summed E-state index contributed by atoms with van der Waals surface area (Å²) in [5.41, 5.74) is 2.07. The molecule has 7 nitrogen and oxygen atoms in total. The number of aryl methyl sites for hydroxylation is 1. The van der Waals surface area contributed by atoms with Gasteiger partial charge in [0, 0.05) is 6.08 Å². The van der Waals surface area contributed by atoms with E-state index in [-0.39, 0.29) is 11.4 Å². The van der Waals surface area contributed by atoms with Crippen LogP contribution in [0.2, 0.25) is 0 Å². The summed E-state index contributed by atoms with van der Waals surface area (Å²) in [6.45, 7) is 4.61. The first-order valence-electron chi connectivity index (χ1n) is 9.52. The van der Waals surface area contributed by atoms with Crippen molar-refractivity contribution >= 4 is 23.7 Å². The lowest BCUT2D eigenvalue weighted by atomic mass is 10.1. The summed E-state index contributed by atoms with van der Waals surface area (Å²) in [6.07, 6.45) is 3.24. The molecule has 0 unspecified atom stereocenters. The fourth-order valence-corrected chi connectivity index (χ4v) is 3.05. The molecule has 0 spiro atoms. The van der Waals surface area contributed by atoms with E-state index in [4.69, 9.17) is 19.7 Å². The minimum Gasteiger partial charge on any atom is -0.490 e. The van der Waals surface area contributed by atoms with Crippen LogP contribution in [0.1, 0.15) is 18.1 Å². The zero-order valence-electron chi connectivity index (χ0n) is 16.7. The van der Waals surface area contributed by atoms with Crippen molar-refractivity contribution in [3.05, 3.63) is 77.1 Å². The van der Waals surface area contributed by atoms with Gasteiger partial charge in [0.05, 0.1) is 5.57 Å². The first-order chi connectivity index (χ1) is 14.5. The second kappa shape index (κ2) is 8.24. The van der Waals surface area contributed by atoms with Crippen molar-refractivity contribution in [3.63, 3.8) is 0 Å². The molecule has 2 aromatic rings. The highest BCUT2D eigenvalue weighted by Gasteiger charge is 2.34. The SMILES string of the molecule is CC1=CC2=NC(=O)/C(=C\c3ccc(OCCOc4cccc(C)c4)cc3)C(=N)N2O1. The molecule has 2 aliphatic rings. The molecule has 0 fully saturated rings. The van der Waals surface area contributed by atoms with Gasteiger partial charge in [-0.3, -0.25) is 10.2 Å². The smallest absolute Gasteiger partial charge is 0.282 e. The number of rotatable bonds is 6. The van der Waals surface area contributed by atoms with Crippen molar-refractivity contribution in [2.45, 2.75) is 13.8 Å². The van der Waals surface area contributed by atoms with Gasteiger partial charge in [0.25, 0.3) is 5.91 Å². The summed E-state index contributed by atoms with van der Waals surface area (Å²) in [6, 6.07) is 15.1.